The lowest BCUT2D eigenvalue weighted by atomic mass is 10.1. The van der Waals surface area contributed by atoms with Gasteiger partial charge in [0.2, 0.25) is 0 Å². The molecule has 1 aromatic heterocycles. The van der Waals surface area contributed by atoms with Crippen molar-refractivity contribution < 1.29 is 9.90 Å². The van der Waals surface area contributed by atoms with E-state index in [9.17, 15) is 4.79 Å². The molecule has 4 heteroatoms. The van der Waals surface area contributed by atoms with Crippen LogP contribution in [0.15, 0.2) is 18.5 Å². The third kappa shape index (κ3) is 4.19. The predicted molar refractivity (Wildman–Crippen MR) is 70.0 cm³/mol. The van der Waals surface area contributed by atoms with Gasteiger partial charge >= 0.3 is 0 Å². The molecule has 18 heavy (non-hydrogen) atoms. The number of amides is 1. The van der Waals surface area contributed by atoms with Crippen LogP contribution in [0.5, 0.6) is 0 Å². The Morgan fingerprint density at radius 3 is 2.83 bits per heavy atom. The van der Waals surface area contributed by atoms with Crippen molar-refractivity contribution in [3.63, 3.8) is 0 Å². The standard InChI is InChI=1S/C14H18N2O2/c1-11(2)10-16(3)14(18)13-7-12(5-4-6-17)8-15-9-13/h7-9,11,17H,6,10H2,1-3H3. The zero-order chi connectivity index (χ0) is 13.5. The topological polar surface area (TPSA) is 53.4 Å². The summed E-state index contributed by atoms with van der Waals surface area (Å²) in [5, 5.41) is 8.62. The van der Waals surface area contributed by atoms with Crippen LogP contribution in [-0.4, -0.2) is 41.1 Å². The molecule has 0 bridgehead atoms. The highest BCUT2D eigenvalue weighted by Crippen LogP contribution is 2.06. The number of nitrogens with zero attached hydrogens (tertiary/aromatic N) is 2. The Morgan fingerprint density at radius 1 is 1.50 bits per heavy atom. The number of pyridine rings is 1. The van der Waals surface area contributed by atoms with E-state index in [-0.39, 0.29) is 12.5 Å². The third-order valence-electron chi connectivity index (χ3n) is 2.28. The number of hydrogen-bond acceptors (Lipinski definition) is 3. The molecule has 1 amide bonds. The van der Waals surface area contributed by atoms with Crippen molar-refractivity contribution in [2.24, 2.45) is 5.92 Å². The Hall–Kier alpha value is -1.86. The van der Waals surface area contributed by atoms with Gasteiger partial charge in [-0.1, -0.05) is 25.7 Å². The molecule has 0 saturated heterocycles. The maximum atomic E-state index is 12.1. The van der Waals surface area contributed by atoms with Crippen molar-refractivity contribution in [1.29, 1.82) is 0 Å². The van der Waals surface area contributed by atoms with Crippen molar-refractivity contribution >= 4 is 5.91 Å². The van der Waals surface area contributed by atoms with E-state index in [2.05, 4.69) is 30.7 Å². The Labute approximate surface area is 108 Å². The van der Waals surface area contributed by atoms with Gasteiger partial charge in [-0.25, -0.2) is 0 Å². The van der Waals surface area contributed by atoms with Gasteiger partial charge in [0.15, 0.2) is 0 Å². The molecule has 0 aliphatic heterocycles. The first kappa shape index (κ1) is 14.2. The molecule has 0 radical (unpaired) electrons. The number of carbonyl (C=O) groups is 1. The van der Waals surface area contributed by atoms with E-state index in [1.165, 1.54) is 6.20 Å². The van der Waals surface area contributed by atoms with Gasteiger partial charge < -0.3 is 10.0 Å². The molecule has 1 rings (SSSR count). The van der Waals surface area contributed by atoms with Crippen LogP contribution in [0.25, 0.3) is 0 Å². The summed E-state index contributed by atoms with van der Waals surface area (Å²) in [6, 6.07) is 1.69. The first-order chi connectivity index (χ1) is 8.54. The maximum Gasteiger partial charge on any atom is 0.255 e. The van der Waals surface area contributed by atoms with Crippen LogP contribution in [0.4, 0.5) is 0 Å². The minimum atomic E-state index is -0.203. The van der Waals surface area contributed by atoms with Gasteiger partial charge in [-0.05, 0) is 12.0 Å². The van der Waals surface area contributed by atoms with Gasteiger partial charge in [0, 0.05) is 31.5 Å². The van der Waals surface area contributed by atoms with Crippen molar-refractivity contribution in [3.05, 3.63) is 29.6 Å². The maximum absolute atomic E-state index is 12.1. The Bertz CT molecular complexity index is 472. The first-order valence-electron chi connectivity index (χ1n) is 5.85. The average molecular weight is 246 g/mol. The highest BCUT2D eigenvalue weighted by molar-refractivity contribution is 5.94. The second kappa shape index (κ2) is 6.77. The van der Waals surface area contributed by atoms with E-state index >= 15 is 0 Å². The molecule has 0 fully saturated rings. The zero-order valence-corrected chi connectivity index (χ0v) is 11.0. The first-order valence-corrected chi connectivity index (χ1v) is 5.85. The normalized spacial score (nSPS) is 9.83. The van der Waals surface area contributed by atoms with Crippen LogP contribution in [-0.2, 0) is 0 Å². The number of hydrogen-bond donors (Lipinski definition) is 1. The zero-order valence-electron chi connectivity index (χ0n) is 11.0. The van der Waals surface area contributed by atoms with E-state index in [1.54, 1.807) is 24.2 Å². The second-order valence-electron chi connectivity index (χ2n) is 4.50. The molecule has 1 aromatic rings. The van der Waals surface area contributed by atoms with E-state index in [4.69, 9.17) is 5.11 Å². The minimum absolute atomic E-state index is 0.0659. The summed E-state index contributed by atoms with van der Waals surface area (Å²) in [5.74, 6) is 5.62. The number of aliphatic hydroxyl groups excluding tert-OH is 1. The number of aromatic nitrogens is 1. The Balaban J connectivity index is 2.86. The quantitative estimate of drug-likeness (QED) is 0.814. The lowest BCUT2D eigenvalue weighted by molar-refractivity contribution is 0.0778. The lowest BCUT2D eigenvalue weighted by Crippen LogP contribution is -2.30. The van der Waals surface area contributed by atoms with Gasteiger partial charge in [0.1, 0.15) is 6.61 Å². The molecule has 0 aliphatic carbocycles. The molecular weight excluding hydrogens is 228 g/mol. The van der Waals surface area contributed by atoms with E-state index in [0.717, 1.165) is 0 Å². The lowest BCUT2D eigenvalue weighted by Gasteiger charge is -2.19. The fraction of sp³-hybridized carbons (Fsp3) is 0.429. The molecule has 0 spiro atoms. The smallest absolute Gasteiger partial charge is 0.255 e. The molecule has 4 nitrogen and oxygen atoms in total. The van der Waals surface area contributed by atoms with Crippen LogP contribution in [0, 0.1) is 17.8 Å². The van der Waals surface area contributed by atoms with Gasteiger partial charge in [-0.15, -0.1) is 0 Å². The number of rotatable bonds is 3. The van der Waals surface area contributed by atoms with E-state index < -0.39 is 0 Å². The summed E-state index contributed by atoms with van der Waals surface area (Å²) in [7, 11) is 1.77. The molecule has 1 N–H and O–H groups in total. The molecule has 0 aromatic carbocycles. The van der Waals surface area contributed by atoms with Crippen molar-refractivity contribution in [2.75, 3.05) is 20.2 Å². The highest BCUT2D eigenvalue weighted by atomic mass is 16.2. The van der Waals surface area contributed by atoms with Crippen LogP contribution in [0.3, 0.4) is 0 Å². The van der Waals surface area contributed by atoms with Gasteiger partial charge in [-0.2, -0.15) is 0 Å². The molecule has 0 atom stereocenters. The van der Waals surface area contributed by atoms with Gasteiger partial charge in [0.05, 0.1) is 5.56 Å². The van der Waals surface area contributed by atoms with Gasteiger partial charge in [0.25, 0.3) is 5.91 Å². The monoisotopic (exact) mass is 246 g/mol. The third-order valence-corrected chi connectivity index (χ3v) is 2.28. The van der Waals surface area contributed by atoms with Crippen molar-refractivity contribution in [2.45, 2.75) is 13.8 Å². The van der Waals surface area contributed by atoms with E-state index in [1.807, 2.05) is 0 Å². The Kier molecular flexibility index (Phi) is 5.34. The summed E-state index contributed by atoms with van der Waals surface area (Å²) in [4.78, 5) is 17.8. The molecule has 0 saturated carbocycles. The molecular formula is C14H18N2O2. The fourth-order valence-corrected chi connectivity index (χ4v) is 1.62. The molecule has 1 heterocycles. The summed E-state index contributed by atoms with van der Waals surface area (Å²) < 4.78 is 0. The summed E-state index contributed by atoms with van der Waals surface area (Å²) in [5.41, 5.74) is 1.15. The molecule has 96 valence electrons. The summed E-state index contributed by atoms with van der Waals surface area (Å²) in [6.45, 7) is 4.62. The van der Waals surface area contributed by atoms with Crippen LogP contribution >= 0.6 is 0 Å². The van der Waals surface area contributed by atoms with Crippen molar-refractivity contribution in [3.8, 4) is 11.8 Å². The SMILES string of the molecule is CC(C)CN(C)C(=O)c1cncc(C#CCO)c1. The fourth-order valence-electron chi connectivity index (χ4n) is 1.62. The number of aliphatic hydroxyl groups is 1. The second-order valence-corrected chi connectivity index (χ2v) is 4.50. The summed E-state index contributed by atoms with van der Waals surface area (Å²) >= 11 is 0. The molecule has 0 aliphatic rings. The minimum Gasteiger partial charge on any atom is -0.384 e. The largest absolute Gasteiger partial charge is 0.384 e. The van der Waals surface area contributed by atoms with E-state index in [0.29, 0.717) is 23.6 Å². The van der Waals surface area contributed by atoms with Gasteiger partial charge in [-0.3, -0.25) is 9.78 Å². The van der Waals surface area contributed by atoms with Crippen LogP contribution < -0.4 is 0 Å². The molecule has 0 unspecified atom stereocenters. The predicted octanol–water partition coefficient (Wildman–Crippen LogP) is 1.15. The van der Waals surface area contributed by atoms with Crippen molar-refractivity contribution in [1.82, 2.24) is 9.88 Å². The Morgan fingerprint density at radius 2 is 2.22 bits per heavy atom. The number of carbonyl (C=O) groups excluding carboxylic acids is 1. The van der Waals surface area contributed by atoms with Crippen LogP contribution in [0.2, 0.25) is 0 Å². The highest BCUT2D eigenvalue weighted by Gasteiger charge is 2.13. The average Bonchev–Trinajstić information content (AvgIpc) is 2.35. The summed E-state index contributed by atoms with van der Waals surface area (Å²) in [6.07, 6.45) is 3.10. The van der Waals surface area contributed by atoms with Crippen LogP contribution in [0.1, 0.15) is 29.8 Å².